The Morgan fingerprint density at radius 3 is 2.67 bits per heavy atom. The van der Waals surface area contributed by atoms with Crippen LogP contribution in [0.4, 0.5) is 0 Å². The molecule has 7 nitrogen and oxygen atoms in total. The molecule has 1 heterocycles. The van der Waals surface area contributed by atoms with Gasteiger partial charge in [0.25, 0.3) is 5.91 Å². The average molecular weight is 290 g/mol. The van der Waals surface area contributed by atoms with Gasteiger partial charge < -0.3 is 5.32 Å². The van der Waals surface area contributed by atoms with Crippen LogP contribution in [0.3, 0.4) is 0 Å². The summed E-state index contributed by atoms with van der Waals surface area (Å²) in [5, 5.41) is 2.70. The lowest BCUT2D eigenvalue weighted by molar-refractivity contribution is -0.123. The van der Waals surface area contributed by atoms with Crippen molar-refractivity contribution in [2.75, 3.05) is 6.54 Å². The van der Waals surface area contributed by atoms with Crippen LogP contribution < -0.4 is 16.2 Å². The Bertz CT molecular complexity index is 532. The van der Waals surface area contributed by atoms with E-state index in [-0.39, 0.29) is 36.4 Å². The van der Waals surface area contributed by atoms with Crippen molar-refractivity contribution >= 4 is 17.7 Å². The average Bonchev–Trinajstić information content (AvgIpc) is 3.22. The third kappa shape index (κ3) is 4.55. The molecule has 112 valence electrons. The highest BCUT2D eigenvalue weighted by Gasteiger charge is 2.38. The van der Waals surface area contributed by atoms with E-state index in [1.54, 1.807) is 18.2 Å². The molecule has 2 unspecified atom stereocenters. The number of hydrazine groups is 1. The van der Waals surface area contributed by atoms with Crippen molar-refractivity contribution in [1.29, 1.82) is 0 Å². The fraction of sp³-hybridized carbons (Fsp3) is 0.429. The Balaban J connectivity index is 1.61. The Morgan fingerprint density at radius 2 is 2.05 bits per heavy atom. The van der Waals surface area contributed by atoms with Crippen molar-refractivity contribution in [3.63, 3.8) is 0 Å². The zero-order valence-corrected chi connectivity index (χ0v) is 11.8. The predicted octanol–water partition coefficient (Wildman–Crippen LogP) is 0.00490. The molecular weight excluding hydrogens is 272 g/mol. The van der Waals surface area contributed by atoms with Crippen molar-refractivity contribution in [2.45, 2.75) is 19.8 Å². The summed E-state index contributed by atoms with van der Waals surface area (Å²) in [6, 6.07) is 4.91. The normalized spacial score (nSPS) is 19.5. The first-order chi connectivity index (χ1) is 10.1. The van der Waals surface area contributed by atoms with Gasteiger partial charge >= 0.3 is 0 Å². The molecule has 0 aromatic carbocycles. The zero-order chi connectivity index (χ0) is 15.2. The van der Waals surface area contributed by atoms with E-state index in [1.165, 1.54) is 6.20 Å². The van der Waals surface area contributed by atoms with E-state index in [0.29, 0.717) is 5.92 Å². The van der Waals surface area contributed by atoms with Crippen molar-refractivity contribution in [1.82, 2.24) is 21.2 Å². The molecule has 7 heteroatoms. The summed E-state index contributed by atoms with van der Waals surface area (Å²) < 4.78 is 0. The lowest BCUT2D eigenvalue weighted by Gasteiger charge is -2.07. The van der Waals surface area contributed by atoms with Crippen LogP contribution in [0.5, 0.6) is 0 Å². The molecule has 21 heavy (non-hydrogen) atoms. The van der Waals surface area contributed by atoms with Gasteiger partial charge in [-0.3, -0.25) is 30.2 Å². The van der Waals surface area contributed by atoms with Crippen LogP contribution in [0.15, 0.2) is 24.4 Å². The Kier molecular flexibility index (Phi) is 4.86. The Labute approximate surface area is 122 Å². The number of carbonyl (C=O) groups is 3. The van der Waals surface area contributed by atoms with Gasteiger partial charge in [0.1, 0.15) is 5.69 Å². The zero-order valence-electron chi connectivity index (χ0n) is 11.8. The second kappa shape index (κ2) is 6.83. The minimum Gasteiger partial charge on any atom is -0.355 e. The number of carbonyl (C=O) groups excluding carboxylic acids is 3. The third-order valence-corrected chi connectivity index (χ3v) is 3.31. The summed E-state index contributed by atoms with van der Waals surface area (Å²) in [5.41, 5.74) is 4.76. The molecule has 3 amide bonds. The summed E-state index contributed by atoms with van der Waals surface area (Å²) in [4.78, 5) is 38.5. The van der Waals surface area contributed by atoms with Crippen LogP contribution in [-0.2, 0) is 9.59 Å². The van der Waals surface area contributed by atoms with Crippen molar-refractivity contribution in [3.8, 4) is 0 Å². The number of rotatable bonds is 5. The van der Waals surface area contributed by atoms with Gasteiger partial charge in [0, 0.05) is 25.1 Å². The van der Waals surface area contributed by atoms with Crippen molar-refractivity contribution in [2.24, 2.45) is 11.8 Å². The van der Waals surface area contributed by atoms with Gasteiger partial charge in [-0.05, 0) is 24.5 Å². The molecule has 3 N–H and O–H groups in total. The third-order valence-electron chi connectivity index (χ3n) is 3.31. The minimum atomic E-state index is -0.486. The van der Waals surface area contributed by atoms with Crippen molar-refractivity contribution < 1.29 is 14.4 Å². The van der Waals surface area contributed by atoms with Crippen LogP contribution in [-0.4, -0.2) is 29.3 Å². The fourth-order valence-electron chi connectivity index (χ4n) is 1.87. The smallest absolute Gasteiger partial charge is 0.288 e. The maximum Gasteiger partial charge on any atom is 0.288 e. The van der Waals surface area contributed by atoms with E-state index < -0.39 is 5.91 Å². The van der Waals surface area contributed by atoms with Crippen LogP contribution in [0.25, 0.3) is 0 Å². The molecule has 1 aromatic rings. The van der Waals surface area contributed by atoms with Crippen LogP contribution >= 0.6 is 0 Å². The van der Waals surface area contributed by atoms with Gasteiger partial charge in [0.05, 0.1) is 0 Å². The molecule has 0 saturated heterocycles. The van der Waals surface area contributed by atoms with E-state index in [4.69, 9.17) is 0 Å². The van der Waals surface area contributed by atoms with E-state index in [0.717, 1.165) is 6.42 Å². The molecule has 0 aliphatic heterocycles. The number of hydrogen-bond donors (Lipinski definition) is 3. The monoisotopic (exact) mass is 290 g/mol. The molecule has 0 bridgehead atoms. The molecule has 0 spiro atoms. The molecule has 0 radical (unpaired) electrons. The Morgan fingerprint density at radius 1 is 1.29 bits per heavy atom. The predicted molar refractivity (Wildman–Crippen MR) is 74.7 cm³/mol. The lowest BCUT2D eigenvalue weighted by atomic mass is 10.3. The lowest BCUT2D eigenvalue weighted by Crippen LogP contribution is -2.43. The van der Waals surface area contributed by atoms with Crippen LogP contribution in [0.1, 0.15) is 30.3 Å². The number of nitrogens with zero attached hydrogens (tertiary/aromatic N) is 1. The Hall–Kier alpha value is -2.44. The van der Waals surface area contributed by atoms with Crippen molar-refractivity contribution in [3.05, 3.63) is 30.1 Å². The molecule has 1 aliphatic rings. The summed E-state index contributed by atoms with van der Waals surface area (Å²) in [5.74, 6) is -0.329. The minimum absolute atomic E-state index is 0.00665. The van der Waals surface area contributed by atoms with E-state index in [2.05, 4.69) is 21.2 Å². The highest BCUT2D eigenvalue weighted by atomic mass is 16.2. The summed E-state index contributed by atoms with van der Waals surface area (Å²) in [7, 11) is 0. The maximum atomic E-state index is 11.6. The molecule has 1 aliphatic carbocycles. The SMILES string of the molecule is CC1CC1C(=O)NCCC(=O)NNC(=O)c1ccccn1. The number of aromatic nitrogens is 1. The largest absolute Gasteiger partial charge is 0.355 e. The van der Waals surface area contributed by atoms with Gasteiger partial charge in [-0.2, -0.15) is 0 Å². The second-order valence-electron chi connectivity index (χ2n) is 5.08. The summed E-state index contributed by atoms with van der Waals surface area (Å²) in [6.07, 6.45) is 2.51. The molecule has 1 fully saturated rings. The van der Waals surface area contributed by atoms with E-state index in [1.807, 2.05) is 6.92 Å². The number of amides is 3. The number of hydrogen-bond acceptors (Lipinski definition) is 4. The van der Waals surface area contributed by atoms with Gasteiger partial charge in [-0.1, -0.05) is 13.0 Å². The topological polar surface area (TPSA) is 100 Å². The summed E-state index contributed by atoms with van der Waals surface area (Å²) >= 11 is 0. The molecular formula is C14H18N4O3. The highest BCUT2D eigenvalue weighted by Crippen LogP contribution is 2.37. The first-order valence-electron chi connectivity index (χ1n) is 6.86. The fourth-order valence-corrected chi connectivity index (χ4v) is 1.87. The van der Waals surface area contributed by atoms with Gasteiger partial charge in [0.15, 0.2) is 0 Å². The number of pyridine rings is 1. The second-order valence-corrected chi connectivity index (χ2v) is 5.08. The van der Waals surface area contributed by atoms with Gasteiger partial charge in [-0.15, -0.1) is 0 Å². The van der Waals surface area contributed by atoms with E-state index >= 15 is 0 Å². The van der Waals surface area contributed by atoms with E-state index in [9.17, 15) is 14.4 Å². The quantitative estimate of drug-likeness (QED) is 0.665. The maximum absolute atomic E-state index is 11.6. The molecule has 1 saturated carbocycles. The molecule has 2 rings (SSSR count). The highest BCUT2D eigenvalue weighted by molar-refractivity contribution is 5.93. The molecule has 1 aromatic heterocycles. The number of nitrogens with one attached hydrogen (secondary N) is 3. The summed E-state index contributed by atoms with van der Waals surface area (Å²) in [6.45, 7) is 2.28. The van der Waals surface area contributed by atoms with Gasteiger partial charge in [0.2, 0.25) is 11.8 Å². The van der Waals surface area contributed by atoms with Crippen LogP contribution in [0.2, 0.25) is 0 Å². The first-order valence-corrected chi connectivity index (χ1v) is 6.86. The molecule has 2 atom stereocenters. The standard InChI is InChI=1S/C14H18N4O3/c1-9-8-10(9)13(20)16-7-5-12(19)17-18-14(21)11-4-2-3-6-15-11/h2-4,6,9-10H,5,7-8H2,1H3,(H,16,20)(H,17,19)(H,18,21). The van der Waals surface area contributed by atoms with Gasteiger partial charge in [-0.25, -0.2) is 0 Å². The van der Waals surface area contributed by atoms with Crippen LogP contribution in [0, 0.1) is 11.8 Å². The first kappa shape index (κ1) is 15.0.